The molecule has 164 valence electrons. The molecular formula is C17H9ClF3N2O6S2-. The van der Waals surface area contributed by atoms with Gasteiger partial charge in [0, 0.05) is 16.8 Å². The number of fused-ring (bicyclic) bond motifs is 1. The molecule has 0 heterocycles. The van der Waals surface area contributed by atoms with Crippen molar-refractivity contribution in [1.29, 1.82) is 5.39 Å². The Balaban J connectivity index is 0.000000233. The highest BCUT2D eigenvalue weighted by molar-refractivity contribution is 7.86. The second-order valence-corrected chi connectivity index (χ2v) is 8.88. The van der Waals surface area contributed by atoms with Gasteiger partial charge in [-0.25, -0.2) is 16.8 Å². The number of halogens is 4. The summed E-state index contributed by atoms with van der Waals surface area (Å²) in [5.41, 5.74) is -1.19. The number of hydrogen-bond donors (Lipinski definition) is 0. The summed E-state index contributed by atoms with van der Waals surface area (Å²) in [6.07, 6.45) is -4.45. The van der Waals surface area contributed by atoms with Gasteiger partial charge < -0.3 is 9.11 Å². The Morgan fingerprint density at radius 2 is 1.29 bits per heavy atom. The van der Waals surface area contributed by atoms with E-state index in [2.05, 4.69) is 4.98 Å². The molecule has 0 saturated heterocycles. The molecule has 0 spiro atoms. The molecule has 0 saturated carbocycles. The number of rotatable bonds is 2. The number of alkyl halides is 3. The molecule has 0 radical (unpaired) electrons. The fourth-order valence-electron chi connectivity index (χ4n) is 2.45. The van der Waals surface area contributed by atoms with Gasteiger partial charge in [0.25, 0.3) is 0 Å². The first-order valence-electron chi connectivity index (χ1n) is 7.81. The van der Waals surface area contributed by atoms with Gasteiger partial charge in [0.15, 0.2) is 4.98 Å². The maximum absolute atomic E-state index is 12.1. The Hall–Kier alpha value is -2.76. The summed E-state index contributed by atoms with van der Waals surface area (Å²) in [4.78, 5) is 1.51. The molecule has 8 nitrogen and oxygen atoms in total. The summed E-state index contributed by atoms with van der Waals surface area (Å²) in [6.45, 7) is 0. The number of benzene rings is 3. The van der Waals surface area contributed by atoms with Gasteiger partial charge in [0.2, 0.25) is 5.39 Å². The van der Waals surface area contributed by atoms with Crippen LogP contribution in [0.5, 0.6) is 0 Å². The van der Waals surface area contributed by atoms with Crippen LogP contribution in [0.1, 0.15) is 5.56 Å². The average Bonchev–Trinajstić information content (AvgIpc) is 2.65. The summed E-state index contributed by atoms with van der Waals surface area (Å²) >= 11 is 5.43. The summed E-state index contributed by atoms with van der Waals surface area (Å²) in [5.74, 6) is 0. The molecule has 0 amide bonds. The van der Waals surface area contributed by atoms with Crippen molar-refractivity contribution in [3.63, 3.8) is 0 Å². The first-order valence-corrected chi connectivity index (χ1v) is 11.0. The highest BCUT2D eigenvalue weighted by Crippen LogP contribution is 2.34. The largest absolute Gasteiger partial charge is 0.744 e. The minimum absolute atomic E-state index is 0.0319. The van der Waals surface area contributed by atoms with Crippen LogP contribution in [0, 0.1) is 5.39 Å². The molecule has 3 rings (SSSR count). The molecule has 0 aliphatic carbocycles. The molecule has 0 unspecified atom stereocenters. The molecule has 14 heteroatoms. The average molecular weight is 494 g/mol. The van der Waals surface area contributed by atoms with Gasteiger partial charge in [-0.05, 0) is 24.3 Å². The van der Waals surface area contributed by atoms with Crippen LogP contribution >= 0.6 is 11.6 Å². The van der Waals surface area contributed by atoms with Crippen molar-refractivity contribution < 1.29 is 39.1 Å². The van der Waals surface area contributed by atoms with E-state index in [-0.39, 0.29) is 21.5 Å². The predicted octanol–water partition coefficient (Wildman–Crippen LogP) is 4.49. The zero-order valence-electron chi connectivity index (χ0n) is 14.9. The molecule has 0 atom stereocenters. The third-order valence-electron chi connectivity index (χ3n) is 3.76. The van der Waals surface area contributed by atoms with Crippen molar-refractivity contribution in [2.45, 2.75) is 16.0 Å². The summed E-state index contributed by atoms with van der Waals surface area (Å²) in [5, 5.41) is 8.09. The van der Waals surface area contributed by atoms with E-state index in [4.69, 9.17) is 17.0 Å². The lowest BCUT2D eigenvalue weighted by molar-refractivity contribution is -0.137. The van der Waals surface area contributed by atoms with E-state index in [1.165, 1.54) is 24.3 Å². The lowest BCUT2D eigenvalue weighted by atomic mass is 10.1. The van der Waals surface area contributed by atoms with Crippen LogP contribution in [0.15, 0.2) is 64.4 Å². The highest BCUT2D eigenvalue weighted by Gasteiger charge is 2.33. The zero-order chi connectivity index (χ0) is 23.6. The summed E-state index contributed by atoms with van der Waals surface area (Å²) < 4.78 is 102. The highest BCUT2D eigenvalue weighted by atomic mass is 35.5. The van der Waals surface area contributed by atoms with Crippen molar-refractivity contribution >= 4 is 48.3 Å². The van der Waals surface area contributed by atoms with Gasteiger partial charge in [-0.2, -0.15) is 13.2 Å². The fraction of sp³-hybridized carbons (Fsp3) is 0.0588. The van der Waals surface area contributed by atoms with E-state index < -0.39 is 41.8 Å². The van der Waals surface area contributed by atoms with Gasteiger partial charge in [0.1, 0.15) is 25.3 Å². The minimum atomic E-state index is -4.74. The van der Waals surface area contributed by atoms with Crippen LogP contribution in [0.2, 0.25) is 5.02 Å². The molecule has 0 N–H and O–H groups in total. The molecular weight excluding hydrogens is 485 g/mol. The quantitative estimate of drug-likeness (QED) is 0.378. The van der Waals surface area contributed by atoms with Crippen molar-refractivity contribution in [1.82, 2.24) is 0 Å². The standard InChI is InChI=1S/C10H8O6S2.C7H3ClF3N2/c11-17(12,13)9-5-1-3-7-8(9)4-2-6-10(7)18(14,15)16;8-5-2-1-4(7(9,10)11)3-6(5)13-12/h1-6H,(H,11,12,13)(H,14,15,16);1-3H/q;+1/p-2. The molecule has 0 aromatic heterocycles. The molecule has 3 aromatic carbocycles. The Morgan fingerprint density at radius 3 is 1.65 bits per heavy atom. The molecule has 0 fully saturated rings. The van der Waals surface area contributed by atoms with Crippen molar-refractivity contribution in [3.8, 4) is 0 Å². The van der Waals surface area contributed by atoms with Gasteiger partial charge in [0.05, 0.1) is 15.4 Å². The Labute approximate surface area is 179 Å². The molecule has 0 bridgehead atoms. The Kier molecular flexibility index (Phi) is 6.94. The first kappa shape index (κ1) is 24.5. The smallest absolute Gasteiger partial charge is 0.416 e. The van der Waals surface area contributed by atoms with Crippen LogP contribution < -0.4 is 0 Å². The molecule has 0 aliphatic heterocycles. The SMILES string of the molecule is N#[N+]c1cc(C(F)(F)F)ccc1Cl.O=S(=O)([O-])c1cccc2c(S(=O)(=O)[O-])cccc12. The van der Waals surface area contributed by atoms with E-state index in [0.29, 0.717) is 6.07 Å². The normalized spacial score (nSPS) is 12.0. The second kappa shape index (κ2) is 8.77. The number of hydrogen-bond acceptors (Lipinski definition) is 7. The third-order valence-corrected chi connectivity index (χ3v) is 5.87. The van der Waals surface area contributed by atoms with Crippen LogP contribution in [-0.4, -0.2) is 25.9 Å². The fourth-order valence-corrected chi connectivity index (χ4v) is 3.99. The number of diazo groups is 1. The maximum atomic E-state index is 12.1. The van der Waals surface area contributed by atoms with Crippen LogP contribution in [-0.2, 0) is 26.4 Å². The van der Waals surface area contributed by atoms with E-state index in [1.807, 2.05) is 0 Å². The summed E-state index contributed by atoms with van der Waals surface area (Å²) in [7, 11) is -9.48. The predicted molar refractivity (Wildman–Crippen MR) is 101 cm³/mol. The Bertz CT molecular complexity index is 1330. The zero-order valence-corrected chi connectivity index (χ0v) is 17.3. The van der Waals surface area contributed by atoms with Crippen LogP contribution in [0.25, 0.3) is 15.7 Å². The molecule has 0 aliphatic rings. The lowest BCUT2D eigenvalue weighted by Crippen LogP contribution is -2.03. The van der Waals surface area contributed by atoms with Crippen molar-refractivity contribution in [2.75, 3.05) is 0 Å². The number of nitrogens with zero attached hydrogens (tertiary/aromatic N) is 2. The Morgan fingerprint density at radius 1 is 0.839 bits per heavy atom. The van der Waals surface area contributed by atoms with Gasteiger partial charge in [-0.3, -0.25) is 0 Å². The van der Waals surface area contributed by atoms with Crippen molar-refractivity contribution in [2.24, 2.45) is 0 Å². The summed E-state index contributed by atoms with van der Waals surface area (Å²) in [6, 6.07) is 9.60. The monoisotopic (exact) mass is 493 g/mol. The van der Waals surface area contributed by atoms with E-state index in [0.717, 1.165) is 24.3 Å². The van der Waals surface area contributed by atoms with E-state index in [1.54, 1.807) is 0 Å². The minimum Gasteiger partial charge on any atom is -0.744 e. The maximum Gasteiger partial charge on any atom is 0.416 e. The van der Waals surface area contributed by atoms with Gasteiger partial charge in [-0.1, -0.05) is 35.9 Å². The lowest BCUT2D eigenvalue weighted by Gasteiger charge is -2.14. The molecule has 3 aromatic rings. The topological polar surface area (TPSA) is 143 Å². The van der Waals surface area contributed by atoms with Gasteiger partial charge >= 0.3 is 11.9 Å². The van der Waals surface area contributed by atoms with Crippen molar-refractivity contribution in [3.05, 3.63) is 70.2 Å². The molecule has 31 heavy (non-hydrogen) atoms. The van der Waals surface area contributed by atoms with Crippen LogP contribution in [0.3, 0.4) is 0 Å². The third kappa shape index (κ3) is 5.90. The van der Waals surface area contributed by atoms with E-state index in [9.17, 15) is 39.1 Å². The van der Waals surface area contributed by atoms with Gasteiger partial charge in [-0.15, -0.1) is 0 Å². The van der Waals surface area contributed by atoms with Crippen LogP contribution in [0.4, 0.5) is 18.9 Å². The second-order valence-electron chi connectivity index (χ2n) is 5.78. The van der Waals surface area contributed by atoms with E-state index >= 15 is 0 Å². The first-order chi connectivity index (χ1) is 14.2.